The topological polar surface area (TPSA) is 43.3 Å². The van der Waals surface area contributed by atoms with E-state index in [1.807, 2.05) is 4.90 Å². The van der Waals surface area contributed by atoms with E-state index in [1.165, 1.54) is 6.07 Å². The van der Waals surface area contributed by atoms with E-state index in [0.29, 0.717) is 55.1 Å². The molecule has 0 spiro atoms. The fourth-order valence-electron chi connectivity index (χ4n) is 2.38. The van der Waals surface area contributed by atoms with Gasteiger partial charge in [0.2, 0.25) is 0 Å². The van der Waals surface area contributed by atoms with Crippen LogP contribution < -0.4 is 14.2 Å². The van der Waals surface area contributed by atoms with Crippen LogP contribution in [0.5, 0.6) is 17.2 Å². The van der Waals surface area contributed by atoms with Crippen LogP contribution in [-0.2, 0) is 6.42 Å². The van der Waals surface area contributed by atoms with Crippen molar-refractivity contribution in [2.75, 3.05) is 26.4 Å². The predicted octanol–water partition coefficient (Wildman–Crippen LogP) is 3.03. The van der Waals surface area contributed by atoms with Gasteiger partial charge in [0.05, 0.1) is 0 Å². The van der Waals surface area contributed by atoms with Crippen molar-refractivity contribution in [1.82, 2.24) is 4.90 Å². The second kappa shape index (κ2) is 7.04. The molecule has 0 atom stereocenters. The summed E-state index contributed by atoms with van der Waals surface area (Å²) in [6.45, 7) is -1.14. The van der Waals surface area contributed by atoms with Crippen LogP contribution >= 0.6 is 11.6 Å². The second-order valence-corrected chi connectivity index (χ2v) is 5.35. The third-order valence-electron chi connectivity index (χ3n) is 3.46. The lowest BCUT2D eigenvalue weighted by atomic mass is 10.1. The third kappa shape index (κ3) is 3.85. The van der Waals surface area contributed by atoms with Gasteiger partial charge in [0.15, 0.2) is 11.5 Å². The monoisotopic (exact) mass is 344 g/mol. The Balaban J connectivity index is 1.78. The minimum atomic E-state index is -2.90. The second-order valence-electron chi connectivity index (χ2n) is 4.96. The first-order chi connectivity index (χ1) is 11.1. The summed E-state index contributed by atoms with van der Waals surface area (Å²) in [7, 11) is 0. The molecule has 0 saturated carbocycles. The molecular formula is C15H15ClF2N2O3. The van der Waals surface area contributed by atoms with E-state index in [0.717, 1.165) is 0 Å². The third-order valence-corrected chi connectivity index (χ3v) is 3.83. The van der Waals surface area contributed by atoms with Crippen molar-refractivity contribution in [1.29, 1.82) is 0 Å². The minimum absolute atomic E-state index is 0.0878. The average molecular weight is 345 g/mol. The number of aliphatic imine (C=N–C) groups is 1. The normalized spacial score (nSPS) is 16.5. The van der Waals surface area contributed by atoms with Gasteiger partial charge in [-0.3, -0.25) is 4.99 Å². The number of halogens is 3. The zero-order chi connectivity index (χ0) is 16.2. The highest BCUT2D eigenvalue weighted by Crippen LogP contribution is 2.37. The van der Waals surface area contributed by atoms with E-state index in [-0.39, 0.29) is 5.75 Å². The molecule has 1 aromatic carbocycles. The molecule has 124 valence electrons. The molecule has 0 amide bonds. The lowest BCUT2D eigenvalue weighted by Gasteiger charge is -2.25. The molecule has 23 heavy (non-hydrogen) atoms. The van der Waals surface area contributed by atoms with Crippen molar-refractivity contribution >= 4 is 17.8 Å². The van der Waals surface area contributed by atoms with E-state index in [4.69, 9.17) is 21.1 Å². The molecule has 0 N–H and O–H groups in total. The Bertz CT molecular complexity index is 637. The standard InChI is InChI=1S/C15H15ClF2N2O3/c16-14-1-3-19-9-20(14)4-2-10-7-12-13(22-6-5-21-12)8-11(10)23-15(17)18/h1,3,7-8,15H,2,4-6,9H2. The van der Waals surface area contributed by atoms with Crippen LogP contribution in [0.1, 0.15) is 5.56 Å². The molecule has 0 bridgehead atoms. The molecule has 0 aliphatic carbocycles. The molecule has 8 heteroatoms. The van der Waals surface area contributed by atoms with E-state index < -0.39 is 6.61 Å². The Morgan fingerprint density at radius 3 is 2.70 bits per heavy atom. The van der Waals surface area contributed by atoms with Crippen molar-refractivity contribution in [3.05, 3.63) is 28.9 Å². The molecule has 0 radical (unpaired) electrons. The van der Waals surface area contributed by atoms with Gasteiger partial charge in [-0.25, -0.2) is 0 Å². The lowest BCUT2D eigenvalue weighted by Crippen LogP contribution is -2.26. The number of hydrogen-bond acceptors (Lipinski definition) is 5. The van der Waals surface area contributed by atoms with Gasteiger partial charge in [-0.2, -0.15) is 8.78 Å². The lowest BCUT2D eigenvalue weighted by molar-refractivity contribution is -0.0507. The van der Waals surface area contributed by atoms with Crippen molar-refractivity contribution in [3.63, 3.8) is 0 Å². The number of nitrogens with zero attached hydrogens (tertiary/aromatic N) is 2. The first kappa shape index (κ1) is 15.9. The summed E-state index contributed by atoms with van der Waals surface area (Å²) in [5, 5.41) is 0.564. The fraction of sp³-hybridized carbons (Fsp3) is 0.400. The maximum Gasteiger partial charge on any atom is 0.387 e. The van der Waals surface area contributed by atoms with Crippen molar-refractivity contribution < 1.29 is 23.0 Å². The SMILES string of the molecule is FC(F)Oc1cc2c(cc1CCN1CN=CC=C1Cl)OCCO2. The molecule has 2 heterocycles. The number of benzene rings is 1. The van der Waals surface area contributed by atoms with Gasteiger partial charge in [0.25, 0.3) is 0 Å². The number of alkyl halides is 2. The quantitative estimate of drug-likeness (QED) is 0.770. The van der Waals surface area contributed by atoms with Crippen molar-refractivity contribution in [2.24, 2.45) is 4.99 Å². The summed E-state index contributed by atoms with van der Waals surface area (Å²) >= 11 is 6.09. The molecule has 0 saturated heterocycles. The summed E-state index contributed by atoms with van der Waals surface area (Å²) in [6, 6.07) is 3.12. The molecule has 2 aliphatic heterocycles. The smallest absolute Gasteiger partial charge is 0.387 e. The molecule has 0 aromatic heterocycles. The fourth-order valence-corrected chi connectivity index (χ4v) is 2.57. The van der Waals surface area contributed by atoms with Gasteiger partial charge < -0.3 is 19.1 Å². The highest BCUT2D eigenvalue weighted by atomic mass is 35.5. The zero-order valence-corrected chi connectivity index (χ0v) is 12.9. The van der Waals surface area contributed by atoms with Crippen LogP contribution in [0.4, 0.5) is 8.78 Å². The Hall–Kier alpha value is -2.02. The van der Waals surface area contributed by atoms with Crippen LogP contribution in [0.15, 0.2) is 28.4 Å². The number of ether oxygens (including phenoxy) is 3. The summed E-state index contributed by atoms with van der Waals surface area (Å²) in [4.78, 5) is 5.94. The van der Waals surface area contributed by atoms with E-state index in [1.54, 1.807) is 18.4 Å². The Morgan fingerprint density at radius 2 is 2.00 bits per heavy atom. The summed E-state index contributed by atoms with van der Waals surface area (Å²) < 4.78 is 40.8. The van der Waals surface area contributed by atoms with Gasteiger partial charge in [0.1, 0.15) is 30.8 Å². The van der Waals surface area contributed by atoms with Crippen LogP contribution in [0, 0.1) is 0 Å². The number of allylic oxidation sites excluding steroid dienone is 1. The van der Waals surface area contributed by atoms with Gasteiger partial charge in [-0.15, -0.1) is 0 Å². The van der Waals surface area contributed by atoms with Crippen LogP contribution in [-0.4, -0.2) is 44.2 Å². The first-order valence-corrected chi connectivity index (χ1v) is 7.49. The molecule has 1 aromatic rings. The van der Waals surface area contributed by atoms with Crippen molar-refractivity contribution in [3.8, 4) is 17.2 Å². The number of fused-ring (bicyclic) bond motifs is 1. The maximum atomic E-state index is 12.6. The van der Waals surface area contributed by atoms with Crippen LogP contribution in [0.3, 0.4) is 0 Å². The van der Waals surface area contributed by atoms with Crippen molar-refractivity contribution in [2.45, 2.75) is 13.0 Å². The van der Waals surface area contributed by atoms with Crippen LogP contribution in [0.25, 0.3) is 0 Å². The number of hydrogen-bond donors (Lipinski definition) is 0. The summed E-state index contributed by atoms with van der Waals surface area (Å²) in [5.74, 6) is 1.03. The molecule has 0 fully saturated rings. The predicted molar refractivity (Wildman–Crippen MR) is 81.8 cm³/mol. The highest BCUT2D eigenvalue weighted by molar-refractivity contribution is 6.30. The molecule has 2 aliphatic rings. The summed E-state index contributed by atoms with van der Waals surface area (Å²) in [6.07, 6.45) is 3.78. The average Bonchev–Trinajstić information content (AvgIpc) is 2.53. The van der Waals surface area contributed by atoms with Gasteiger partial charge in [0, 0.05) is 24.4 Å². The maximum absolute atomic E-state index is 12.6. The zero-order valence-electron chi connectivity index (χ0n) is 12.2. The largest absolute Gasteiger partial charge is 0.486 e. The highest BCUT2D eigenvalue weighted by Gasteiger charge is 2.20. The van der Waals surface area contributed by atoms with Gasteiger partial charge in [-0.1, -0.05) is 11.6 Å². The minimum Gasteiger partial charge on any atom is -0.486 e. The summed E-state index contributed by atoms with van der Waals surface area (Å²) in [5.41, 5.74) is 0.605. The van der Waals surface area contributed by atoms with Gasteiger partial charge in [-0.05, 0) is 18.6 Å². The van der Waals surface area contributed by atoms with E-state index in [9.17, 15) is 8.78 Å². The molecule has 5 nitrogen and oxygen atoms in total. The Morgan fingerprint density at radius 1 is 1.26 bits per heavy atom. The first-order valence-electron chi connectivity index (χ1n) is 7.11. The van der Waals surface area contributed by atoms with Crippen LogP contribution in [0.2, 0.25) is 0 Å². The van der Waals surface area contributed by atoms with Gasteiger partial charge >= 0.3 is 6.61 Å². The molecule has 0 unspecified atom stereocenters. The number of rotatable bonds is 5. The molecular weight excluding hydrogens is 330 g/mol. The Labute approximate surface area is 137 Å². The van der Waals surface area contributed by atoms with E-state index in [2.05, 4.69) is 9.73 Å². The van der Waals surface area contributed by atoms with E-state index >= 15 is 0 Å². The molecule has 3 rings (SSSR count). The Kier molecular flexibility index (Phi) is 4.85.